The summed E-state index contributed by atoms with van der Waals surface area (Å²) < 4.78 is 20.6. The zero-order chi connectivity index (χ0) is 16.2. The van der Waals surface area contributed by atoms with E-state index in [2.05, 4.69) is 20.7 Å². The lowest BCUT2D eigenvalue weighted by atomic mass is 10.2. The summed E-state index contributed by atoms with van der Waals surface area (Å²) in [6.07, 6.45) is 1.36. The van der Waals surface area contributed by atoms with E-state index in [4.69, 9.17) is 18.4 Å². The summed E-state index contributed by atoms with van der Waals surface area (Å²) in [6.45, 7) is 0. The summed E-state index contributed by atoms with van der Waals surface area (Å²) in [7, 11) is 3.07. The van der Waals surface area contributed by atoms with Gasteiger partial charge in [0, 0.05) is 12.1 Å². The van der Waals surface area contributed by atoms with Gasteiger partial charge in [0.25, 0.3) is 11.8 Å². The van der Waals surface area contributed by atoms with Crippen molar-refractivity contribution in [2.45, 2.75) is 0 Å². The molecule has 9 nitrogen and oxygen atoms in total. The van der Waals surface area contributed by atoms with Crippen molar-refractivity contribution >= 4 is 11.9 Å². The normalized spacial score (nSPS) is 10.3. The molecule has 0 spiro atoms. The molecule has 0 saturated carbocycles. The molecule has 118 valence electrons. The molecule has 0 radical (unpaired) electrons. The Morgan fingerprint density at radius 3 is 2.74 bits per heavy atom. The van der Waals surface area contributed by atoms with Crippen molar-refractivity contribution in [2.24, 2.45) is 0 Å². The second-order valence-electron chi connectivity index (χ2n) is 4.31. The van der Waals surface area contributed by atoms with Crippen LogP contribution in [0.25, 0.3) is 11.5 Å². The average molecular weight is 316 g/mol. The molecule has 0 unspecified atom stereocenters. The van der Waals surface area contributed by atoms with Crippen LogP contribution in [-0.4, -0.2) is 35.5 Å². The van der Waals surface area contributed by atoms with E-state index in [1.807, 2.05) is 0 Å². The van der Waals surface area contributed by atoms with E-state index in [0.717, 1.165) is 0 Å². The average Bonchev–Trinajstić information content (AvgIpc) is 3.26. The minimum atomic E-state index is -0.542. The number of methoxy groups -OCH3 is 2. The van der Waals surface area contributed by atoms with E-state index in [9.17, 15) is 4.79 Å². The number of hydrogen-bond donors (Lipinski definition) is 1. The van der Waals surface area contributed by atoms with Crippen LogP contribution in [0.15, 0.2) is 39.4 Å². The van der Waals surface area contributed by atoms with Crippen molar-refractivity contribution in [1.82, 2.24) is 15.4 Å². The number of nitrogens with one attached hydrogen (secondary N) is 1. The van der Waals surface area contributed by atoms with Crippen LogP contribution in [0, 0.1) is 0 Å². The fourth-order valence-corrected chi connectivity index (χ4v) is 1.85. The molecule has 2 aromatic heterocycles. The van der Waals surface area contributed by atoms with Crippen LogP contribution in [0.5, 0.6) is 11.5 Å². The molecular formula is C14H12N4O5. The van der Waals surface area contributed by atoms with Crippen LogP contribution < -0.4 is 14.8 Å². The first-order valence-corrected chi connectivity index (χ1v) is 6.49. The third kappa shape index (κ3) is 2.98. The van der Waals surface area contributed by atoms with Crippen LogP contribution in [0.2, 0.25) is 0 Å². The van der Waals surface area contributed by atoms with Crippen LogP contribution in [0.1, 0.15) is 10.6 Å². The summed E-state index contributed by atoms with van der Waals surface area (Å²) in [4.78, 5) is 11.8. The number of amides is 1. The van der Waals surface area contributed by atoms with E-state index in [-0.39, 0.29) is 17.7 Å². The van der Waals surface area contributed by atoms with Crippen molar-refractivity contribution in [1.29, 1.82) is 0 Å². The van der Waals surface area contributed by atoms with Crippen LogP contribution in [-0.2, 0) is 0 Å². The van der Waals surface area contributed by atoms with E-state index in [0.29, 0.717) is 17.1 Å². The quantitative estimate of drug-likeness (QED) is 0.760. The molecule has 0 aliphatic carbocycles. The fourth-order valence-electron chi connectivity index (χ4n) is 1.85. The van der Waals surface area contributed by atoms with Crippen molar-refractivity contribution in [3.8, 4) is 23.0 Å². The minimum absolute atomic E-state index is 0.0341. The maximum atomic E-state index is 11.8. The molecule has 0 bridgehead atoms. The number of nitrogens with zero attached hydrogens (tertiary/aromatic N) is 3. The summed E-state index contributed by atoms with van der Waals surface area (Å²) in [6, 6.07) is 6.48. The van der Waals surface area contributed by atoms with Gasteiger partial charge >= 0.3 is 6.01 Å². The van der Waals surface area contributed by atoms with Gasteiger partial charge in [0.15, 0.2) is 0 Å². The van der Waals surface area contributed by atoms with Gasteiger partial charge < -0.3 is 18.4 Å². The van der Waals surface area contributed by atoms with Crippen LogP contribution in [0.4, 0.5) is 6.01 Å². The third-order valence-electron chi connectivity index (χ3n) is 2.95. The maximum Gasteiger partial charge on any atom is 0.322 e. The van der Waals surface area contributed by atoms with Gasteiger partial charge in [-0.25, -0.2) is 0 Å². The van der Waals surface area contributed by atoms with Crippen molar-refractivity contribution in [3.63, 3.8) is 0 Å². The Labute approximate surface area is 130 Å². The summed E-state index contributed by atoms with van der Waals surface area (Å²) in [5.41, 5.74) is 0.570. The van der Waals surface area contributed by atoms with Crippen molar-refractivity contribution in [3.05, 3.63) is 36.2 Å². The number of ether oxygens (including phenoxy) is 2. The predicted octanol–water partition coefficient (Wildman–Crippen LogP) is 1.99. The van der Waals surface area contributed by atoms with Gasteiger partial charge in [0.1, 0.15) is 11.5 Å². The van der Waals surface area contributed by atoms with Gasteiger partial charge in [-0.3, -0.25) is 10.1 Å². The van der Waals surface area contributed by atoms with Crippen LogP contribution >= 0.6 is 0 Å². The topological polar surface area (TPSA) is 113 Å². The standard InChI is InChI=1S/C14H12N4O5/c1-20-8-3-4-9(11(7-8)21-2)13-17-18-14(22-13)16-12(19)10-5-6-15-23-10/h3-7H,1-2H3,(H,16,18,19). The highest BCUT2D eigenvalue weighted by molar-refractivity contribution is 6.00. The molecule has 2 heterocycles. The molecule has 1 amide bonds. The SMILES string of the molecule is COc1ccc(-c2nnc(NC(=O)c3ccno3)o2)c(OC)c1. The monoisotopic (exact) mass is 316 g/mol. The Kier molecular flexibility index (Phi) is 3.91. The van der Waals surface area contributed by atoms with E-state index in [1.54, 1.807) is 25.3 Å². The molecule has 3 rings (SSSR count). The van der Waals surface area contributed by atoms with Gasteiger partial charge in [-0.2, -0.15) is 0 Å². The molecule has 1 aromatic carbocycles. The molecule has 0 fully saturated rings. The molecule has 3 aromatic rings. The Balaban J connectivity index is 1.83. The Morgan fingerprint density at radius 1 is 1.17 bits per heavy atom. The van der Waals surface area contributed by atoms with E-state index >= 15 is 0 Å². The molecule has 9 heteroatoms. The Morgan fingerprint density at radius 2 is 2.04 bits per heavy atom. The molecule has 0 atom stereocenters. The third-order valence-corrected chi connectivity index (χ3v) is 2.95. The number of aromatic nitrogens is 3. The van der Waals surface area contributed by atoms with E-state index in [1.165, 1.54) is 19.4 Å². The molecule has 0 aliphatic heterocycles. The lowest BCUT2D eigenvalue weighted by molar-refractivity contribution is 0.0985. The molecule has 23 heavy (non-hydrogen) atoms. The van der Waals surface area contributed by atoms with Gasteiger partial charge in [-0.15, -0.1) is 5.10 Å². The van der Waals surface area contributed by atoms with Crippen molar-refractivity contribution < 1.29 is 23.2 Å². The Bertz CT molecular complexity index is 812. The lowest BCUT2D eigenvalue weighted by Crippen LogP contribution is -2.11. The number of benzene rings is 1. The summed E-state index contributed by atoms with van der Waals surface area (Å²) in [5.74, 6) is 0.814. The number of hydrogen-bond acceptors (Lipinski definition) is 8. The first-order chi connectivity index (χ1) is 11.2. The number of carbonyl (C=O) groups is 1. The van der Waals surface area contributed by atoms with Gasteiger partial charge in [-0.1, -0.05) is 10.3 Å². The number of rotatable bonds is 5. The highest BCUT2D eigenvalue weighted by Gasteiger charge is 2.17. The maximum absolute atomic E-state index is 11.8. The largest absolute Gasteiger partial charge is 0.497 e. The smallest absolute Gasteiger partial charge is 0.322 e. The minimum Gasteiger partial charge on any atom is -0.497 e. The van der Waals surface area contributed by atoms with Gasteiger partial charge in [-0.05, 0) is 12.1 Å². The zero-order valence-corrected chi connectivity index (χ0v) is 12.3. The zero-order valence-electron chi connectivity index (χ0n) is 12.3. The molecular weight excluding hydrogens is 304 g/mol. The Hall–Kier alpha value is -3.36. The number of carbonyl (C=O) groups excluding carboxylic acids is 1. The fraction of sp³-hybridized carbons (Fsp3) is 0.143. The van der Waals surface area contributed by atoms with Crippen LogP contribution in [0.3, 0.4) is 0 Å². The van der Waals surface area contributed by atoms with Gasteiger partial charge in [0.2, 0.25) is 5.76 Å². The van der Waals surface area contributed by atoms with Gasteiger partial charge in [0.05, 0.1) is 26.0 Å². The summed E-state index contributed by atoms with van der Waals surface area (Å²) >= 11 is 0. The number of anilines is 1. The summed E-state index contributed by atoms with van der Waals surface area (Å²) in [5, 5.41) is 13.5. The van der Waals surface area contributed by atoms with Crippen molar-refractivity contribution in [2.75, 3.05) is 19.5 Å². The second kappa shape index (κ2) is 6.18. The van der Waals surface area contributed by atoms with E-state index < -0.39 is 5.91 Å². The second-order valence-corrected chi connectivity index (χ2v) is 4.31. The first kappa shape index (κ1) is 14.6. The highest BCUT2D eigenvalue weighted by Crippen LogP contribution is 2.33. The highest BCUT2D eigenvalue weighted by atomic mass is 16.5. The first-order valence-electron chi connectivity index (χ1n) is 6.49. The molecule has 0 aliphatic rings. The molecule has 0 saturated heterocycles. The predicted molar refractivity (Wildman–Crippen MR) is 77.3 cm³/mol. The lowest BCUT2D eigenvalue weighted by Gasteiger charge is -2.07. The molecule has 1 N–H and O–H groups in total.